The Balaban J connectivity index is 3.38. The van der Waals surface area contributed by atoms with E-state index in [-0.39, 0.29) is 12.5 Å². The number of unbranched alkanes of at least 4 members (excludes halogenated alkanes) is 1. The van der Waals surface area contributed by atoms with Crippen LogP contribution in [-0.4, -0.2) is 35.7 Å². The third-order valence-electron chi connectivity index (χ3n) is 1.68. The second-order valence-corrected chi connectivity index (χ2v) is 4.61. The molecule has 0 heterocycles. The highest BCUT2D eigenvalue weighted by molar-refractivity contribution is 5.69. The predicted molar refractivity (Wildman–Crippen MR) is 60.2 cm³/mol. The molecular formula is C11H21NO4. The van der Waals surface area contributed by atoms with Crippen molar-refractivity contribution >= 4 is 11.9 Å². The van der Waals surface area contributed by atoms with Gasteiger partial charge < -0.3 is 15.2 Å². The molecule has 5 heteroatoms. The van der Waals surface area contributed by atoms with E-state index in [0.717, 1.165) is 6.42 Å². The maximum Gasteiger partial charge on any atom is 0.317 e. The highest BCUT2D eigenvalue weighted by atomic mass is 16.6. The molecule has 0 bridgehead atoms. The number of rotatable bonds is 7. The summed E-state index contributed by atoms with van der Waals surface area (Å²) in [5.74, 6) is -1.07. The van der Waals surface area contributed by atoms with Crippen LogP contribution in [0.25, 0.3) is 0 Å². The van der Waals surface area contributed by atoms with Gasteiger partial charge in [-0.05, 0) is 40.2 Å². The van der Waals surface area contributed by atoms with Crippen LogP contribution in [0, 0.1) is 0 Å². The first-order valence-electron chi connectivity index (χ1n) is 5.45. The smallest absolute Gasteiger partial charge is 0.317 e. The second-order valence-electron chi connectivity index (χ2n) is 4.61. The maximum absolute atomic E-state index is 11.3. The standard InChI is InChI=1S/C11H21NO4/c1-11(2,3)16-10(15)6-4-5-7-12-8-9(13)14/h12H,4-8H2,1-3H3,(H,13,14). The number of aliphatic carboxylic acids is 1. The number of carbonyl (C=O) groups excluding carboxylic acids is 1. The molecule has 0 aliphatic carbocycles. The molecular weight excluding hydrogens is 210 g/mol. The molecule has 0 spiro atoms. The minimum Gasteiger partial charge on any atom is -0.480 e. The number of hydrogen-bond donors (Lipinski definition) is 2. The van der Waals surface area contributed by atoms with Crippen LogP contribution in [0.15, 0.2) is 0 Å². The second kappa shape index (κ2) is 7.22. The van der Waals surface area contributed by atoms with Crippen LogP contribution in [0.1, 0.15) is 40.0 Å². The summed E-state index contributed by atoms with van der Waals surface area (Å²) in [7, 11) is 0. The van der Waals surface area contributed by atoms with Gasteiger partial charge in [0.2, 0.25) is 0 Å². The van der Waals surface area contributed by atoms with E-state index in [1.807, 2.05) is 20.8 Å². The lowest BCUT2D eigenvalue weighted by atomic mass is 10.2. The van der Waals surface area contributed by atoms with Crippen LogP contribution in [0.5, 0.6) is 0 Å². The molecule has 0 aliphatic rings. The SMILES string of the molecule is CC(C)(C)OC(=O)CCCCNCC(=O)O. The van der Waals surface area contributed by atoms with Gasteiger partial charge in [-0.2, -0.15) is 0 Å². The Morgan fingerprint density at radius 1 is 1.25 bits per heavy atom. The van der Waals surface area contributed by atoms with Crippen molar-refractivity contribution in [2.24, 2.45) is 0 Å². The Kier molecular flexibility index (Phi) is 6.72. The molecule has 5 nitrogen and oxygen atoms in total. The van der Waals surface area contributed by atoms with Gasteiger partial charge >= 0.3 is 11.9 Å². The summed E-state index contributed by atoms with van der Waals surface area (Å²) in [5.41, 5.74) is -0.432. The van der Waals surface area contributed by atoms with Gasteiger partial charge in [0.05, 0.1) is 6.54 Å². The van der Waals surface area contributed by atoms with E-state index in [2.05, 4.69) is 5.32 Å². The number of ether oxygens (including phenoxy) is 1. The van der Waals surface area contributed by atoms with E-state index < -0.39 is 11.6 Å². The highest BCUT2D eigenvalue weighted by Crippen LogP contribution is 2.09. The van der Waals surface area contributed by atoms with Crippen molar-refractivity contribution in [1.29, 1.82) is 0 Å². The van der Waals surface area contributed by atoms with Gasteiger partial charge in [0.25, 0.3) is 0 Å². The Labute approximate surface area is 96.2 Å². The average Bonchev–Trinajstić information content (AvgIpc) is 2.07. The maximum atomic E-state index is 11.3. The summed E-state index contributed by atoms with van der Waals surface area (Å²) >= 11 is 0. The lowest BCUT2D eigenvalue weighted by molar-refractivity contribution is -0.155. The number of nitrogens with one attached hydrogen (secondary N) is 1. The zero-order chi connectivity index (χ0) is 12.6. The summed E-state index contributed by atoms with van der Waals surface area (Å²) in [4.78, 5) is 21.4. The zero-order valence-electron chi connectivity index (χ0n) is 10.2. The summed E-state index contributed by atoms with van der Waals surface area (Å²) in [6.45, 7) is 6.07. The molecule has 0 saturated carbocycles. The van der Waals surface area contributed by atoms with E-state index in [9.17, 15) is 9.59 Å². The fraction of sp³-hybridized carbons (Fsp3) is 0.818. The highest BCUT2D eigenvalue weighted by Gasteiger charge is 2.15. The number of carbonyl (C=O) groups is 2. The first-order valence-corrected chi connectivity index (χ1v) is 5.45. The molecule has 16 heavy (non-hydrogen) atoms. The Hall–Kier alpha value is -1.10. The largest absolute Gasteiger partial charge is 0.480 e. The van der Waals surface area contributed by atoms with Gasteiger partial charge in [-0.1, -0.05) is 0 Å². The molecule has 0 radical (unpaired) electrons. The van der Waals surface area contributed by atoms with Gasteiger partial charge in [0.1, 0.15) is 5.60 Å². The summed E-state index contributed by atoms with van der Waals surface area (Å²) in [6, 6.07) is 0. The minimum absolute atomic E-state index is 0.0353. The van der Waals surface area contributed by atoms with E-state index in [1.54, 1.807) is 0 Å². The molecule has 2 N–H and O–H groups in total. The lowest BCUT2D eigenvalue weighted by Crippen LogP contribution is -2.25. The van der Waals surface area contributed by atoms with Gasteiger partial charge in [0.15, 0.2) is 0 Å². The molecule has 0 fully saturated rings. The first-order chi connectivity index (χ1) is 7.31. The van der Waals surface area contributed by atoms with Crippen LogP contribution >= 0.6 is 0 Å². The van der Waals surface area contributed by atoms with E-state index in [1.165, 1.54) is 0 Å². The van der Waals surface area contributed by atoms with E-state index >= 15 is 0 Å². The third-order valence-corrected chi connectivity index (χ3v) is 1.68. The topological polar surface area (TPSA) is 75.6 Å². The van der Waals surface area contributed by atoms with Crippen molar-refractivity contribution in [2.75, 3.05) is 13.1 Å². The van der Waals surface area contributed by atoms with Crippen molar-refractivity contribution in [1.82, 2.24) is 5.32 Å². The van der Waals surface area contributed by atoms with E-state index in [4.69, 9.17) is 9.84 Å². The number of carboxylic acid groups (broad SMARTS) is 1. The third kappa shape index (κ3) is 11.0. The molecule has 0 atom stereocenters. The van der Waals surface area contributed by atoms with Crippen molar-refractivity contribution in [3.8, 4) is 0 Å². The van der Waals surface area contributed by atoms with Crippen molar-refractivity contribution in [3.05, 3.63) is 0 Å². The Morgan fingerprint density at radius 3 is 2.38 bits per heavy atom. The molecule has 0 amide bonds. The predicted octanol–water partition coefficient (Wildman–Crippen LogP) is 1.17. The summed E-state index contributed by atoms with van der Waals surface area (Å²) < 4.78 is 5.13. The fourth-order valence-corrected chi connectivity index (χ4v) is 1.11. The normalized spacial score (nSPS) is 11.2. The minimum atomic E-state index is -0.868. The molecule has 94 valence electrons. The number of carboxylic acids is 1. The number of esters is 1. The monoisotopic (exact) mass is 231 g/mol. The molecule has 0 aromatic rings. The van der Waals surface area contributed by atoms with Gasteiger partial charge in [-0.15, -0.1) is 0 Å². The van der Waals surface area contributed by atoms with Crippen LogP contribution in [0.3, 0.4) is 0 Å². The van der Waals surface area contributed by atoms with Crippen molar-refractivity contribution < 1.29 is 19.4 Å². The van der Waals surface area contributed by atoms with Crippen molar-refractivity contribution in [2.45, 2.75) is 45.6 Å². The van der Waals surface area contributed by atoms with Crippen LogP contribution in [0.4, 0.5) is 0 Å². The van der Waals surface area contributed by atoms with Crippen LogP contribution in [-0.2, 0) is 14.3 Å². The molecule has 0 aromatic carbocycles. The van der Waals surface area contributed by atoms with Crippen LogP contribution in [0.2, 0.25) is 0 Å². The molecule has 0 aliphatic heterocycles. The summed E-state index contributed by atoms with van der Waals surface area (Å²) in [6.07, 6.45) is 1.86. The fourth-order valence-electron chi connectivity index (χ4n) is 1.11. The zero-order valence-corrected chi connectivity index (χ0v) is 10.2. The van der Waals surface area contributed by atoms with Gasteiger partial charge in [-0.25, -0.2) is 0 Å². The molecule has 0 unspecified atom stereocenters. The molecule has 0 saturated heterocycles. The average molecular weight is 231 g/mol. The first kappa shape index (κ1) is 14.9. The van der Waals surface area contributed by atoms with Gasteiger partial charge in [0, 0.05) is 6.42 Å². The van der Waals surface area contributed by atoms with Gasteiger partial charge in [-0.3, -0.25) is 9.59 Å². The summed E-state index contributed by atoms with van der Waals surface area (Å²) in [5, 5.41) is 11.1. The molecule has 0 aromatic heterocycles. The quantitative estimate of drug-likeness (QED) is 0.508. The lowest BCUT2D eigenvalue weighted by Gasteiger charge is -2.19. The Bertz CT molecular complexity index is 233. The van der Waals surface area contributed by atoms with E-state index in [0.29, 0.717) is 19.4 Å². The van der Waals surface area contributed by atoms with Crippen molar-refractivity contribution in [3.63, 3.8) is 0 Å². The van der Waals surface area contributed by atoms with Crippen LogP contribution < -0.4 is 5.32 Å². The number of hydrogen-bond acceptors (Lipinski definition) is 4. The molecule has 0 rings (SSSR count). The Morgan fingerprint density at radius 2 is 1.88 bits per heavy atom.